The van der Waals surface area contributed by atoms with Crippen LogP contribution in [0.1, 0.15) is 20.8 Å². The first-order valence-corrected chi connectivity index (χ1v) is 5.09. The number of aliphatic carboxylic acids is 1. The van der Waals surface area contributed by atoms with Gasteiger partial charge >= 0.3 is 5.97 Å². The summed E-state index contributed by atoms with van der Waals surface area (Å²) in [5.74, 6) is -0.998. The van der Waals surface area contributed by atoms with Gasteiger partial charge in [0.15, 0.2) is 0 Å². The number of carbonyl (C=O) groups is 2. The Labute approximate surface area is 82.1 Å². The van der Waals surface area contributed by atoms with Gasteiger partial charge in [0.05, 0.1) is 5.25 Å². The summed E-state index contributed by atoms with van der Waals surface area (Å²) >= 11 is 1.14. The average molecular weight is 205 g/mol. The Kier molecular flexibility index (Phi) is 5.53. The Bertz CT molecular complexity index is 196. The van der Waals surface area contributed by atoms with E-state index in [2.05, 4.69) is 5.32 Å². The average Bonchev–Trinajstić information content (AvgIpc) is 2.04. The maximum absolute atomic E-state index is 11.2. The topological polar surface area (TPSA) is 66.4 Å². The molecule has 0 aromatic heterocycles. The minimum atomic E-state index is -0.888. The number of thioether (sulfide) groups is 1. The zero-order valence-electron chi connectivity index (χ0n) is 8.03. The molecule has 0 rings (SSSR count). The van der Waals surface area contributed by atoms with Gasteiger partial charge in [-0.15, -0.1) is 11.8 Å². The Hall–Kier alpha value is -0.710. The van der Waals surface area contributed by atoms with Gasteiger partial charge in [0.1, 0.15) is 5.25 Å². The lowest BCUT2D eigenvalue weighted by molar-refractivity contribution is -0.136. The SMILES string of the molecule is CCNC(=O)[C@@H](C)S[C@@H](C)C(=O)O. The minimum Gasteiger partial charge on any atom is -0.480 e. The van der Waals surface area contributed by atoms with Gasteiger partial charge in [-0.1, -0.05) is 0 Å². The molecule has 0 heterocycles. The summed E-state index contributed by atoms with van der Waals surface area (Å²) in [7, 11) is 0. The van der Waals surface area contributed by atoms with Crippen molar-refractivity contribution in [3.05, 3.63) is 0 Å². The summed E-state index contributed by atoms with van der Waals surface area (Å²) in [6, 6.07) is 0. The van der Waals surface area contributed by atoms with Crippen molar-refractivity contribution in [1.82, 2.24) is 5.32 Å². The Morgan fingerprint density at radius 3 is 2.31 bits per heavy atom. The van der Waals surface area contributed by atoms with Gasteiger partial charge in [-0.3, -0.25) is 9.59 Å². The van der Waals surface area contributed by atoms with Crippen LogP contribution in [0.4, 0.5) is 0 Å². The van der Waals surface area contributed by atoms with Crippen molar-refractivity contribution in [2.45, 2.75) is 31.3 Å². The molecule has 4 nitrogen and oxygen atoms in total. The van der Waals surface area contributed by atoms with E-state index in [1.807, 2.05) is 6.92 Å². The van der Waals surface area contributed by atoms with Gasteiger partial charge in [-0.25, -0.2) is 0 Å². The molecule has 0 radical (unpaired) electrons. The molecular formula is C8H15NO3S. The van der Waals surface area contributed by atoms with Crippen LogP contribution in [0.3, 0.4) is 0 Å². The molecule has 13 heavy (non-hydrogen) atoms. The Morgan fingerprint density at radius 1 is 1.38 bits per heavy atom. The van der Waals surface area contributed by atoms with Crippen molar-refractivity contribution in [2.24, 2.45) is 0 Å². The van der Waals surface area contributed by atoms with Crippen LogP contribution >= 0.6 is 11.8 Å². The van der Waals surface area contributed by atoms with Crippen molar-refractivity contribution < 1.29 is 14.7 Å². The highest BCUT2D eigenvalue weighted by Gasteiger charge is 2.20. The summed E-state index contributed by atoms with van der Waals surface area (Å²) in [5, 5.41) is 10.4. The lowest BCUT2D eigenvalue weighted by Gasteiger charge is -2.13. The summed E-state index contributed by atoms with van der Waals surface area (Å²) in [4.78, 5) is 21.6. The second kappa shape index (κ2) is 5.85. The molecule has 0 aliphatic rings. The largest absolute Gasteiger partial charge is 0.480 e. The predicted octanol–water partition coefficient (Wildman–Crippen LogP) is 0.717. The van der Waals surface area contributed by atoms with Crippen LogP contribution in [0.15, 0.2) is 0 Å². The minimum absolute atomic E-state index is 0.111. The molecule has 0 bridgehead atoms. The van der Waals surface area contributed by atoms with Crippen LogP contribution in [-0.2, 0) is 9.59 Å². The van der Waals surface area contributed by atoms with E-state index >= 15 is 0 Å². The number of amides is 1. The van der Waals surface area contributed by atoms with E-state index in [9.17, 15) is 9.59 Å². The highest BCUT2D eigenvalue weighted by Crippen LogP contribution is 2.17. The molecule has 2 atom stereocenters. The second-order valence-electron chi connectivity index (χ2n) is 2.65. The summed E-state index contributed by atoms with van der Waals surface area (Å²) in [6.07, 6.45) is 0. The van der Waals surface area contributed by atoms with Crippen LogP contribution in [0, 0.1) is 0 Å². The molecule has 5 heteroatoms. The van der Waals surface area contributed by atoms with Gasteiger partial charge in [-0.2, -0.15) is 0 Å². The molecule has 0 saturated heterocycles. The van der Waals surface area contributed by atoms with Gasteiger partial charge in [0.2, 0.25) is 5.91 Å². The van der Waals surface area contributed by atoms with Crippen molar-refractivity contribution in [1.29, 1.82) is 0 Å². The Morgan fingerprint density at radius 2 is 1.92 bits per heavy atom. The first kappa shape index (κ1) is 12.3. The summed E-state index contributed by atoms with van der Waals surface area (Å²) in [6.45, 7) is 5.68. The normalized spacial score (nSPS) is 14.7. The Balaban J connectivity index is 3.92. The number of rotatable bonds is 5. The summed E-state index contributed by atoms with van der Waals surface area (Å²) < 4.78 is 0. The fraction of sp³-hybridized carbons (Fsp3) is 0.750. The van der Waals surface area contributed by atoms with Crippen molar-refractivity contribution in [3.63, 3.8) is 0 Å². The smallest absolute Gasteiger partial charge is 0.316 e. The third-order valence-corrected chi connectivity index (χ3v) is 2.71. The first-order chi connectivity index (χ1) is 5.99. The zero-order chi connectivity index (χ0) is 10.4. The molecule has 1 amide bonds. The van der Waals surface area contributed by atoms with Gasteiger partial charge < -0.3 is 10.4 Å². The molecule has 0 aromatic rings. The van der Waals surface area contributed by atoms with Crippen LogP contribution < -0.4 is 5.32 Å². The predicted molar refractivity (Wildman–Crippen MR) is 52.8 cm³/mol. The fourth-order valence-electron chi connectivity index (χ4n) is 0.744. The van der Waals surface area contributed by atoms with Gasteiger partial charge in [0, 0.05) is 6.54 Å². The molecular weight excluding hydrogens is 190 g/mol. The van der Waals surface area contributed by atoms with E-state index in [1.54, 1.807) is 13.8 Å². The zero-order valence-corrected chi connectivity index (χ0v) is 8.85. The molecule has 0 aromatic carbocycles. The lowest BCUT2D eigenvalue weighted by Crippen LogP contribution is -2.32. The molecule has 0 saturated carbocycles. The van der Waals surface area contributed by atoms with Crippen LogP contribution in [-0.4, -0.2) is 34.0 Å². The maximum Gasteiger partial charge on any atom is 0.316 e. The van der Waals surface area contributed by atoms with Gasteiger partial charge in [0.25, 0.3) is 0 Å². The van der Waals surface area contributed by atoms with Gasteiger partial charge in [-0.05, 0) is 20.8 Å². The van der Waals surface area contributed by atoms with Crippen LogP contribution in [0.5, 0.6) is 0 Å². The second-order valence-corrected chi connectivity index (χ2v) is 4.34. The summed E-state index contributed by atoms with van der Waals surface area (Å²) in [5.41, 5.74) is 0. The van der Waals surface area contributed by atoms with E-state index in [-0.39, 0.29) is 11.2 Å². The third kappa shape index (κ3) is 4.77. The highest BCUT2D eigenvalue weighted by atomic mass is 32.2. The number of carbonyl (C=O) groups excluding carboxylic acids is 1. The first-order valence-electron chi connectivity index (χ1n) is 4.15. The van der Waals surface area contributed by atoms with E-state index in [4.69, 9.17) is 5.11 Å². The standard InChI is InChI=1S/C8H15NO3S/c1-4-9-7(10)5(2)13-6(3)8(11)12/h5-6H,4H2,1-3H3,(H,9,10)(H,11,12)/t5-,6+/m1/s1. The van der Waals surface area contributed by atoms with E-state index in [0.717, 1.165) is 11.8 Å². The number of hydrogen-bond donors (Lipinski definition) is 2. The third-order valence-electron chi connectivity index (χ3n) is 1.48. The van der Waals surface area contributed by atoms with Crippen molar-refractivity contribution in [3.8, 4) is 0 Å². The molecule has 0 spiro atoms. The molecule has 2 N–H and O–H groups in total. The van der Waals surface area contributed by atoms with Crippen LogP contribution in [0.2, 0.25) is 0 Å². The van der Waals surface area contributed by atoms with Crippen molar-refractivity contribution in [2.75, 3.05) is 6.54 Å². The molecule has 0 fully saturated rings. The molecule has 0 aliphatic carbocycles. The van der Waals surface area contributed by atoms with Crippen molar-refractivity contribution >= 4 is 23.6 Å². The molecule has 0 unspecified atom stereocenters. The van der Waals surface area contributed by atoms with E-state index in [1.165, 1.54) is 0 Å². The van der Waals surface area contributed by atoms with E-state index < -0.39 is 11.2 Å². The quantitative estimate of drug-likeness (QED) is 0.694. The van der Waals surface area contributed by atoms with Crippen LogP contribution in [0.25, 0.3) is 0 Å². The fourth-order valence-corrected chi connectivity index (χ4v) is 1.68. The number of nitrogens with one attached hydrogen (secondary N) is 1. The highest BCUT2D eigenvalue weighted by molar-refractivity contribution is 8.01. The lowest BCUT2D eigenvalue weighted by atomic mass is 10.4. The number of hydrogen-bond acceptors (Lipinski definition) is 3. The van der Waals surface area contributed by atoms with E-state index in [0.29, 0.717) is 6.54 Å². The molecule has 0 aliphatic heterocycles. The monoisotopic (exact) mass is 205 g/mol. The molecule has 76 valence electrons. The maximum atomic E-state index is 11.2. The number of carboxylic acids is 1. The number of carboxylic acid groups (broad SMARTS) is 1.